The zero-order valence-electron chi connectivity index (χ0n) is 4.30. The number of rotatable bonds is 1. The third kappa shape index (κ3) is 4.87. The number of hydrogen-bond acceptors (Lipinski definition) is 0. The molecule has 44 valence electrons. The predicted octanol–water partition coefficient (Wildman–Crippen LogP) is -1.28. The molecule has 0 radical (unpaired) electrons. The average molecular weight is 138 g/mol. The van der Waals surface area contributed by atoms with Gasteiger partial charge in [0.15, 0.2) is 5.92 Å². The molecule has 0 aromatic heterocycles. The fraction of sp³-hybridized carbons (Fsp3) is 0.667. The largest absolute Gasteiger partial charge is 1.00 e. The molecule has 0 N–H and O–H groups in total. The van der Waals surface area contributed by atoms with Crippen LogP contribution >= 0.6 is 0 Å². The summed E-state index contributed by atoms with van der Waals surface area (Å²) in [5.74, 6) is -4.08. The molecule has 0 unspecified atom stereocenters. The summed E-state index contributed by atoms with van der Waals surface area (Å²) in [7, 11) is 0. The first-order chi connectivity index (χ1) is 2.94. The molecule has 0 aromatic carbocycles. The van der Waals surface area contributed by atoms with Crippen molar-refractivity contribution in [3.05, 3.63) is 6.92 Å². The van der Waals surface area contributed by atoms with Gasteiger partial charge in [0, 0.05) is 0 Å². The molecule has 0 aliphatic carbocycles. The van der Waals surface area contributed by atoms with Crippen molar-refractivity contribution in [2.75, 3.05) is 0 Å². The maximum atomic E-state index is 11.0. The van der Waals surface area contributed by atoms with Crippen LogP contribution in [0, 0.1) is 6.92 Å². The summed E-state index contributed by atoms with van der Waals surface area (Å²) in [5.41, 5.74) is 0. The van der Waals surface area contributed by atoms with E-state index in [0.29, 0.717) is 0 Å². The first kappa shape index (κ1) is 11.5. The van der Waals surface area contributed by atoms with Crippen LogP contribution in [0.5, 0.6) is 0 Å². The third-order valence-electron chi connectivity index (χ3n) is 0.319. The zero-order valence-corrected chi connectivity index (χ0v) is 6.30. The fourth-order valence-corrected chi connectivity index (χ4v) is 0. The Kier molecular flexibility index (Phi) is 5.31. The molecule has 0 rings (SSSR count). The third-order valence-corrected chi connectivity index (χ3v) is 0.319. The van der Waals surface area contributed by atoms with E-state index in [1.54, 1.807) is 0 Å². The topological polar surface area (TPSA) is 0 Å². The molecule has 0 atom stereocenters. The molecule has 0 nitrogen and oxygen atoms in total. The summed E-state index contributed by atoms with van der Waals surface area (Å²) in [5, 5.41) is 0. The minimum Gasteiger partial charge on any atom is -0.268 e. The summed E-state index contributed by atoms with van der Waals surface area (Å²) >= 11 is 0. The molecule has 0 aromatic rings. The van der Waals surface area contributed by atoms with Crippen molar-refractivity contribution >= 4 is 0 Å². The van der Waals surface area contributed by atoms with Crippen LogP contribution in [-0.2, 0) is 0 Å². The molecule has 0 aliphatic heterocycles. The Morgan fingerprint density at radius 3 is 1.38 bits per heavy atom. The molecule has 0 fully saturated rings. The molecule has 5 heteroatoms. The van der Waals surface area contributed by atoms with E-state index >= 15 is 0 Å². The summed E-state index contributed by atoms with van der Waals surface area (Å²) in [6.45, 7) is 1.89. The van der Waals surface area contributed by atoms with Crippen molar-refractivity contribution in [1.29, 1.82) is 0 Å². The Hall–Kier alpha value is 0.720. The van der Waals surface area contributed by atoms with E-state index < -0.39 is 12.3 Å². The van der Waals surface area contributed by atoms with Gasteiger partial charge in [-0.1, -0.05) is 0 Å². The summed E-state index contributed by atoms with van der Waals surface area (Å²) in [6, 6.07) is 0. The standard InChI is InChI=1S/C3H3F4.Na/c1-3(6,7)2(4)5;/h2H,1H2;/q-1;+1. The summed E-state index contributed by atoms with van der Waals surface area (Å²) in [6.07, 6.45) is -3.65. The molecule has 0 aliphatic rings. The zero-order chi connectivity index (χ0) is 6.08. The Morgan fingerprint density at radius 1 is 1.25 bits per heavy atom. The van der Waals surface area contributed by atoms with Crippen LogP contribution in [0.25, 0.3) is 0 Å². The van der Waals surface area contributed by atoms with Gasteiger partial charge in [-0.2, -0.15) is 0 Å². The van der Waals surface area contributed by atoms with Gasteiger partial charge in [0.2, 0.25) is 0 Å². The van der Waals surface area contributed by atoms with Gasteiger partial charge in [-0.05, 0) is 0 Å². The molecule has 0 spiro atoms. The molecule has 0 saturated carbocycles. The Bertz CT molecular complexity index is 56.8. The van der Waals surface area contributed by atoms with Crippen LogP contribution in [0.15, 0.2) is 0 Å². The predicted molar refractivity (Wildman–Crippen MR) is 16.3 cm³/mol. The number of halogens is 4. The smallest absolute Gasteiger partial charge is 0.268 e. The Balaban J connectivity index is 0. The van der Waals surface area contributed by atoms with E-state index in [0.717, 1.165) is 0 Å². The molecule has 0 saturated heterocycles. The average Bonchev–Trinajstić information content (AvgIpc) is 1.31. The van der Waals surface area contributed by atoms with Crippen molar-refractivity contribution in [1.82, 2.24) is 0 Å². The number of alkyl halides is 4. The minimum atomic E-state index is -4.08. The molecular formula is C3H3F4Na. The van der Waals surface area contributed by atoms with Crippen molar-refractivity contribution in [3.8, 4) is 0 Å². The van der Waals surface area contributed by atoms with E-state index in [1.807, 2.05) is 6.92 Å². The molecule has 0 bridgehead atoms. The van der Waals surface area contributed by atoms with Crippen molar-refractivity contribution in [3.63, 3.8) is 0 Å². The van der Waals surface area contributed by atoms with Gasteiger partial charge in [0.1, 0.15) is 0 Å². The van der Waals surface area contributed by atoms with E-state index in [2.05, 4.69) is 0 Å². The van der Waals surface area contributed by atoms with Crippen LogP contribution in [0.3, 0.4) is 0 Å². The molecule has 0 amide bonds. The van der Waals surface area contributed by atoms with Crippen molar-refractivity contribution in [2.45, 2.75) is 12.3 Å². The summed E-state index contributed by atoms with van der Waals surface area (Å²) < 4.78 is 43.4. The van der Waals surface area contributed by atoms with Crippen molar-refractivity contribution in [2.24, 2.45) is 0 Å². The van der Waals surface area contributed by atoms with Gasteiger partial charge in [-0.3, -0.25) is 6.92 Å². The summed E-state index contributed by atoms with van der Waals surface area (Å²) in [4.78, 5) is 0. The molecular weight excluding hydrogens is 135 g/mol. The van der Waals surface area contributed by atoms with E-state index in [4.69, 9.17) is 0 Å². The second-order valence-electron chi connectivity index (χ2n) is 1.06. The Labute approximate surface area is 66.5 Å². The van der Waals surface area contributed by atoms with Crippen LogP contribution in [0.2, 0.25) is 0 Å². The van der Waals surface area contributed by atoms with E-state index in [1.165, 1.54) is 0 Å². The molecule has 0 heterocycles. The first-order valence-corrected chi connectivity index (χ1v) is 1.46. The monoisotopic (exact) mass is 138 g/mol. The van der Waals surface area contributed by atoms with E-state index in [-0.39, 0.29) is 29.6 Å². The van der Waals surface area contributed by atoms with Gasteiger partial charge < -0.3 is 0 Å². The molecule has 8 heavy (non-hydrogen) atoms. The second-order valence-corrected chi connectivity index (χ2v) is 1.06. The maximum absolute atomic E-state index is 11.0. The van der Waals surface area contributed by atoms with E-state index in [9.17, 15) is 17.6 Å². The fourth-order valence-electron chi connectivity index (χ4n) is 0. The normalized spacial score (nSPS) is 11.2. The second kappa shape index (κ2) is 3.69. The maximum Gasteiger partial charge on any atom is 1.00 e. The van der Waals surface area contributed by atoms with Gasteiger partial charge >= 0.3 is 29.6 Å². The van der Waals surface area contributed by atoms with Gasteiger partial charge in [-0.15, -0.1) is 0 Å². The first-order valence-electron chi connectivity index (χ1n) is 1.46. The van der Waals surface area contributed by atoms with Gasteiger partial charge in [-0.25, -0.2) is 17.6 Å². The van der Waals surface area contributed by atoms with Crippen LogP contribution in [-0.4, -0.2) is 12.3 Å². The Morgan fingerprint density at radius 2 is 1.38 bits per heavy atom. The SMILES string of the molecule is [CH2-]C(F)(F)C(F)F.[Na+]. The number of hydrogen-bond donors (Lipinski definition) is 0. The van der Waals surface area contributed by atoms with Crippen LogP contribution in [0.4, 0.5) is 17.6 Å². The van der Waals surface area contributed by atoms with Gasteiger partial charge in [0.25, 0.3) is 6.43 Å². The van der Waals surface area contributed by atoms with Crippen molar-refractivity contribution < 1.29 is 47.1 Å². The van der Waals surface area contributed by atoms with Gasteiger partial charge in [0.05, 0.1) is 0 Å². The van der Waals surface area contributed by atoms with Crippen LogP contribution in [0.1, 0.15) is 0 Å². The quantitative estimate of drug-likeness (QED) is 0.240. The van der Waals surface area contributed by atoms with Crippen LogP contribution < -0.4 is 29.6 Å². The minimum absolute atomic E-state index is 0.